The smallest absolute Gasteiger partial charge is 0.134 e. The fourth-order valence-electron chi connectivity index (χ4n) is 3.45. The van der Waals surface area contributed by atoms with Crippen LogP contribution in [0, 0.1) is 11.7 Å². The Labute approximate surface area is 145 Å². The standard InChI is InChI=1S/C19H22FN3O2/c1-2-23-12-15(10-22-23)19-13(5-6-24-19)9-21-11-17-8-14-7-16(20)3-4-18(14)25-17/h3-4,7-8,10,12-13,19,21H,2,5-6,9,11H2,1H3/t13-,19+/m1/s1. The number of aromatic nitrogens is 2. The molecule has 0 aliphatic carbocycles. The number of aryl methyl sites for hydroxylation is 1. The molecule has 1 aliphatic rings. The topological polar surface area (TPSA) is 52.2 Å². The summed E-state index contributed by atoms with van der Waals surface area (Å²) in [6.07, 6.45) is 5.09. The van der Waals surface area contributed by atoms with Crippen LogP contribution in [-0.4, -0.2) is 22.9 Å². The lowest BCUT2D eigenvalue weighted by atomic mass is 9.97. The first-order valence-corrected chi connectivity index (χ1v) is 8.75. The largest absolute Gasteiger partial charge is 0.460 e. The van der Waals surface area contributed by atoms with Crippen molar-refractivity contribution in [3.63, 3.8) is 0 Å². The molecule has 132 valence electrons. The van der Waals surface area contributed by atoms with Gasteiger partial charge in [0.1, 0.15) is 17.2 Å². The van der Waals surface area contributed by atoms with Gasteiger partial charge in [0, 0.05) is 42.8 Å². The molecule has 1 aromatic carbocycles. The van der Waals surface area contributed by atoms with Gasteiger partial charge in [-0.15, -0.1) is 0 Å². The van der Waals surface area contributed by atoms with E-state index in [0.29, 0.717) is 18.0 Å². The number of furan rings is 1. The Morgan fingerprint density at radius 2 is 2.28 bits per heavy atom. The lowest BCUT2D eigenvalue weighted by Crippen LogP contribution is -2.24. The number of ether oxygens (including phenoxy) is 1. The fraction of sp³-hybridized carbons (Fsp3) is 0.421. The fourth-order valence-corrected chi connectivity index (χ4v) is 3.45. The van der Waals surface area contributed by atoms with Crippen LogP contribution < -0.4 is 5.32 Å². The van der Waals surface area contributed by atoms with Crippen molar-refractivity contribution >= 4 is 11.0 Å². The van der Waals surface area contributed by atoms with Crippen molar-refractivity contribution in [2.45, 2.75) is 32.5 Å². The highest BCUT2D eigenvalue weighted by atomic mass is 19.1. The molecule has 4 rings (SSSR count). The molecule has 25 heavy (non-hydrogen) atoms. The summed E-state index contributed by atoms with van der Waals surface area (Å²) in [6.45, 7) is 5.17. The number of nitrogens with one attached hydrogen (secondary N) is 1. The Morgan fingerprint density at radius 3 is 3.12 bits per heavy atom. The molecule has 0 amide bonds. The molecule has 1 N–H and O–H groups in total. The lowest BCUT2D eigenvalue weighted by Gasteiger charge is -2.17. The Hall–Kier alpha value is -2.18. The molecule has 3 aromatic rings. The highest BCUT2D eigenvalue weighted by Gasteiger charge is 2.30. The maximum Gasteiger partial charge on any atom is 0.134 e. The van der Waals surface area contributed by atoms with Crippen LogP contribution in [0.25, 0.3) is 11.0 Å². The van der Waals surface area contributed by atoms with Gasteiger partial charge in [-0.1, -0.05) is 0 Å². The van der Waals surface area contributed by atoms with Crippen LogP contribution in [0.4, 0.5) is 4.39 Å². The minimum Gasteiger partial charge on any atom is -0.460 e. The zero-order valence-electron chi connectivity index (χ0n) is 14.2. The summed E-state index contributed by atoms with van der Waals surface area (Å²) in [6, 6.07) is 6.47. The number of nitrogens with zero attached hydrogens (tertiary/aromatic N) is 2. The third-order valence-electron chi connectivity index (χ3n) is 4.76. The number of rotatable bonds is 6. The van der Waals surface area contributed by atoms with Crippen LogP contribution in [0.15, 0.2) is 41.1 Å². The van der Waals surface area contributed by atoms with E-state index in [2.05, 4.69) is 23.5 Å². The van der Waals surface area contributed by atoms with Gasteiger partial charge < -0.3 is 14.5 Å². The summed E-state index contributed by atoms with van der Waals surface area (Å²) in [7, 11) is 0. The molecule has 5 nitrogen and oxygen atoms in total. The SMILES string of the molecule is CCn1cc([C@H]2OCC[C@@H]2CNCc2cc3cc(F)ccc3o2)cn1. The van der Waals surface area contributed by atoms with Crippen molar-refractivity contribution in [3.05, 3.63) is 53.8 Å². The van der Waals surface area contributed by atoms with Crippen molar-refractivity contribution in [3.8, 4) is 0 Å². The van der Waals surface area contributed by atoms with Gasteiger partial charge in [0.2, 0.25) is 0 Å². The average molecular weight is 343 g/mol. The Bertz CT molecular complexity index is 857. The van der Waals surface area contributed by atoms with E-state index in [1.165, 1.54) is 12.1 Å². The molecule has 0 spiro atoms. The van der Waals surface area contributed by atoms with E-state index >= 15 is 0 Å². The summed E-state index contributed by atoms with van der Waals surface area (Å²) in [5, 5.41) is 8.59. The second-order valence-corrected chi connectivity index (χ2v) is 6.50. The summed E-state index contributed by atoms with van der Waals surface area (Å²) < 4.78 is 26.8. The van der Waals surface area contributed by atoms with Gasteiger partial charge in [-0.25, -0.2) is 4.39 Å². The average Bonchev–Trinajstić information content (AvgIpc) is 3.32. The lowest BCUT2D eigenvalue weighted by molar-refractivity contribution is 0.0902. The predicted molar refractivity (Wildman–Crippen MR) is 92.6 cm³/mol. The number of benzene rings is 1. The summed E-state index contributed by atoms with van der Waals surface area (Å²) in [4.78, 5) is 0. The second-order valence-electron chi connectivity index (χ2n) is 6.50. The van der Waals surface area contributed by atoms with E-state index in [0.717, 1.165) is 42.8 Å². The summed E-state index contributed by atoms with van der Waals surface area (Å²) in [5.41, 5.74) is 1.86. The van der Waals surface area contributed by atoms with Crippen LogP contribution >= 0.6 is 0 Å². The van der Waals surface area contributed by atoms with Gasteiger partial charge in [0.15, 0.2) is 0 Å². The first-order valence-electron chi connectivity index (χ1n) is 8.75. The summed E-state index contributed by atoms with van der Waals surface area (Å²) >= 11 is 0. The van der Waals surface area contributed by atoms with E-state index in [1.54, 1.807) is 6.07 Å². The molecule has 1 aliphatic heterocycles. The zero-order chi connectivity index (χ0) is 17.2. The van der Waals surface area contributed by atoms with Gasteiger partial charge in [0.25, 0.3) is 0 Å². The third-order valence-corrected chi connectivity index (χ3v) is 4.76. The Morgan fingerprint density at radius 1 is 1.36 bits per heavy atom. The Kier molecular flexibility index (Phi) is 4.55. The molecule has 2 atom stereocenters. The maximum atomic E-state index is 13.3. The van der Waals surface area contributed by atoms with Gasteiger partial charge in [-0.3, -0.25) is 4.68 Å². The van der Waals surface area contributed by atoms with Gasteiger partial charge >= 0.3 is 0 Å². The quantitative estimate of drug-likeness (QED) is 0.742. The van der Waals surface area contributed by atoms with E-state index in [-0.39, 0.29) is 11.9 Å². The van der Waals surface area contributed by atoms with Crippen molar-refractivity contribution < 1.29 is 13.5 Å². The molecule has 3 heterocycles. The molecule has 6 heteroatoms. The van der Waals surface area contributed by atoms with Gasteiger partial charge in [-0.05, 0) is 37.6 Å². The van der Waals surface area contributed by atoms with E-state index < -0.39 is 0 Å². The van der Waals surface area contributed by atoms with Crippen LogP contribution in [-0.2, 0) is 17.8 Å². The molecule has 1 saturated heterocycles. The van der Waals surface area contributed by atoms with Crippen LogP contribution in [0.2, 0.25) is 0 Å². The van der Waals surface area contributed by atoms with Crippen molar-refractivity contribution in [2.24, 2.45) is 5.92 Å². The molecular weight excluding hydrogens is 321 g/mol. The van der Waals surface area contributed by atoms with Gasteiger partial charge in [-0.2, -0.15) is 5.10 Å². The molecule has 0 saturated carbocycles. The molecule has 1 fully saturated rings. The van der Waals surface area contributed by atoms with Crippen LogP contribution in [0.5, 0.6) is 0 Å². The third kappa shape index (κ3) is 3.45. The van der Waals surface area contributed by atoms with E-state index in [1.807, 2.05) is 16.9 Å². The number of halogens is 1. The molecule has 0 unspecified atom stereocenters. The van der Waals surface area contributed by atoms with Crippen LogP contribution in [0.1, 0.15) is 30.8 Å². The van der Waals surface area contributed by atoms with Crippen molar-refractivity contribution in [1.82, 2.24) is 15.1 Å². The molecule has 2 aromatic heterocycles. The molecule has 0 bridgehead atoms. The minimum atomic E-state index is -0.244. The van der Waals surface area contributed by atoms with E-state index in [4.69, 9.17) is 9.15 Å². The monoisotopic (exact) mass is 343 g/mol. The number of hydrogen-bond acceptors (Lipinski definition) is 4. The molecule has 0 radical (unpaired) electrons. The Balaban J connectivity index is 1.36. The van der Waals surface area contributed by atoms with Crippen LogP contribution in [0.3, 0.4) is 0 Å². The van der Waals surface area contributed by atoms with Crippen molar-refractivity contribution in [2.75, 3.05) is 13.2 Å². The molecular formula is C19H22FN3O2. The van der Waals surface area contributed by atoms with E-state index in [9.17, 15) is 4.39 Å². The predicted octanol–water partition coefficient (Wildman–Crippen LogP) is 3.66. The zero-order valence-corrected chi connectivity index (χ0v) is 14.2. The van der Waals surface area contributed by atoms with Crippen molar-refractivity contribution in [1.29, 1.82) is 0 Å². The highest BCUT2D eigenvalue weighted by Crippen LogP contribution is 2.34. The maximum absolute atomic E-state index is 13.3. The highest BCUT2D eigenvalue weighted by molar-refractivity contribution is 5.77. The first kappa shape index (κ1) is 16.3. The number of hydrogen-bond donors (Lipinski definition) is 1. The normalized spacial score (nSPS) is 20.6. The minimum absolute atomic E-state index is 0.0950. The van der Waals surface area contributed by atoms with Gasteiger partial charge in [0.05, 0.1) is 18.8 Å². The first-order chi connectivity index (χ1) is 12.2. The number of fused-ring (bicyclic) bond motifs is 1. The second kappa shape index (κ2) is 6.98. The summed E-state index contributed by atoms with van der Waals surface area (Å²) in [5.74, 6) is 0.984.